The molecule has 2 aromatic heterocycles. The summed E-state index contributed by atoms with van der Waals surface area (Å²) >= 11 is 6.39. The summed E-state index contributed by atoms with van der Waals surface area (Å²) in [7, 11) is 3.14. The minimum absolute atomic E-state index is 0. The van der Waals surface area contributed by atoms with Crippen LogP contribution in [0.2, 0.25) is 5.02 Å². The summed E-state index contributed by atoms with van der Waals surface area (Å²) in [6.07, 6.45) is 3.03. The highest BCUT2D eigenvalue weighted by molar-refractivity contribution is 6.35. The van der Waals surface area contributed by atoms with Gasteiger partial charge in [-0.15, -0.1) is 24.8 Å². The molecule has 2 aromatic carbocycles. The highest BCUT2D eigenvalue weighted by Crippen LogP contribution is 2.35. The molecule has 0 unspecified atom stereocenters. The molecule has 10 heteroatoms. The van der Waals surface area contributed by atoms with Crippen molar-refractivity contribution in [2.45, 2.75) is 0 Å². The van der Waals surface area contributed by atoms with Crippen LogP contribution in [0.25, 0.3) is 10.9 Å². The number of fused-ring (bicyclic) bond motifs is 1. The monoisotopic (exact) mass is 492 g/mol. The third-order valence-electron chi connectivity index (χ3n) is 4.51. The smallest absolute Gasteiger partial charge is 0.212 e. The predicted octanol–water partition coefficient (Wildman–Crippen LogP) is 5.51. The standard InChI is InChI=1S/C22H17ClN4O3.2ClH/c1-29-19-10-15-18(11-20(19)30-2)25-12-26-22(15)27-13-6-7-14(16(23)9-13)21(28)17-5-3-4-8-24-17;;/h3-12H,1-2H3,(H,25,26,27);2*1H. The number of hydrogen-bond donors (Lipinski definition) is 1. The van der Waals surface area contributed by atoms with E-state index < -0.39 is 0 Å². The van der Waals surface area contributed by atoms with Crippen molar-refractivity contribution in [3.63, 3.8) is 0 Å². The number of benzene rings is 2. The van der Waals surface area contributed by atoms with Gasteiger partial charge in [-0.25, -0.2) is 9.97 Å². The molecule has 32 heavy (non-hydrogen) atoms. The lowest BCUT2D eigenvalue weighted by Gasteiger charge is -2.13. The maximum Gasteiger partial charge on any atom is 0.212 e. The molecular weight excluding hydrogens is 475 g/mol. The third kappa shape index (κ3) is 5.02. The summed E-state index contributed by atoms with van der Waals surface area (Å²) in [5, 5.41) is 4.29. The van der Waals surface area contributed by atoms with Gasteiger partial charge in [0.05, 0.1) is 24.8 Å². The van der Waals surface area contributed by atoms with Crippen molar-refractivity contribution in [2.75, 3.05) is 19.5 Å². The molecule has 166 valence electrons. The highest BCUT2D eigenvalue weighted by atomic mass is 35.5. The lowest BCUT2D eigenvalue weighted by atomic mass is 10.1. The van der Waals surface area contributed by atoms with E-state index in [2.05, 4.69) is 20.3 Å². The van der Waals surface area contributed by atoms with Crippen molar-refractivity contribution >= 4 is 64.6 Å². The highest BCUT2D eigenvalue weighted by Gasteiger charge is 2.15. The normalized spacial score (nSPS) is 9.97. The average Bonchev–Trinajstić information content (AvgIpc) is 2.78. The van der Waals surface area contributed by atoms with Crippen LogP contribution in [0.1, 0.15) is 16.1 Å². The molecule has 0 radical (unpaired) electrons. The summed E-state index contributed by atoms with van der Waals surface area (Å²) in [4.78, 5) is 25.3. The predicted molar refractivity (Wildman–Crippen MR) is 130 cm³/mol. The molecule has 2 heterocycles. The Labute approximate surface area is 202 Å². The number of nitrogens with one attached hydrogen (secondary N) is 1. The Morgan fingerprint density at radius 3 is 2.34 bits per heavy atom. The average molecular weight is 494 g/mol. The third-order valence-corrected chi connectivity index (χ3v) is 4.83. The molecule has 0 aliphatic carbocycles. The molecule has 0 aliphatic rings. The zero-order valence-corrected chi connectivity index (χ0v) is 19.4. The minimum Gasteiger partial charge on any atom is -0.493 e. The fraction of sp³-hybridized carbons (Fsp3) is 0.0909. The number of aromatic nitrogens is 3. The van der Waals surface area contributed by atoms with E-state index in [1.54, 1.807) is 68.9 Å². The summed E-state index contributed by atoms with van der Waals surface area (Å²) < 4.78 is 10.7. The van der Waals surface area contributed by atoms with Crippen molar-refractivity contribution in [3.05, 3.63) is 77.3 Å². The topological polar surface area (TPSA) is 86.2 Å². The molecule has 0 saturated heterocycles. The molecule has 0 spiro atoms. The second kappa shape index (κ2) is 10.9. The molecular formula is C22H19Cl3N4O3. The zero-order chi connectivity index (χ0) is 21.1. The van der Waals surface area contributed by atoms with Gasteiger partial charge in [-0.1, -0.05) is 17.7 Å². The van der Waals surface area contributed by atoms with E-state index in [4.69, 9.17) is 21.1 Å². The second-order valence-electron chi connectivity index (χ2n) is 6.31. The van der Waals surface area contributed by atoms with Crippen molar-refractivity contribution in [2.24, 2.45) is 0 Å². The Balaban J connectivity index is 0.00000181. The quantitative estimate of drug-likeness (QED) is 0.354. The number of carbonyl (C=O) groups is 1. The first-order valence-electron chi connectivity index (χ1n) is 8.99. The van der Waals surface area contributed by atoms with Crippen LogP contribution in [-0.4, -0.2) is 35.0 Å². The first-order valence-corrected chi connectivity index (χ1v) is 9.37. The number of anilines is 2. The maximum atomic E-state index is 12.6. The van der Waals surface area contributed by atoms with Crippen LogP contribution >= 0.6 is 36.4 Å². The number of ketones is 1. The van der Waals surface area contributed by atoms with E-state index in [1.807, 2.05) is 0 Å². The summed E-state index contributed by atoms with van der Waals surface area (Å²) in [5.41, 5.74) is 2.08. The van der Waals surface area contributed by atoms with Crippen LogP contribution in [0.5, 0.6) is 11.5 Å². The number of rotatable bonds is 6. The van der Waals surface area contributed by atoms with Gasteiger partial charge in [-0.2, -0.15) is 0 Å². The second-order valence-corrected chi connectivity index (χ2v) is 6.72. The maximum absolute atomic E-state index is 12.6. The SMILES string of the molecule is COc1cc2ncnc(Nc3ccc(C(=O)c4ccccn4)c(Cl)c3)c2cc1OC.Cl.Cl. The molecule has 0 bridgehead atoms. The van der Waals surface area contributed by atoms with Crippen molar-refractivity contribution in [3.8, 4) is 11.5 Å². The first-order chi connectivity index (χ1) is 14.6. The van der Waals surface area contributed by atoms with E-state index in [0.29, 0.717) is 44.8 Å². The molecule has 0 fully saturated rings. The molecule has 0 atom stereocenters. The zero-order valence-electron chi connectivity index (χ0n) is 17.0. The number of carbonyl (C=O) groups excluding carboxylic acids is 1. The van der Waals surface area contributed by atoms with Crippen LogP contribution < -0.4 is 14.8 Å². The van der Waals surface area contributed by atoms with Crippen LogP contribution in [0.3, 0.4) is 0 Å². The Morgan fingerprint density at radius 1 is 0.938 bits per heavy atom. The molecule has 0 saturated carbocycles. The molecule has 1 N–H and O–H groups in total. The van der Waals surface area contributed by atoms with Gasteiger partial charge in [0.1, 0.15) is 17.8 Å². The Morgan fingerprint density at radius 2 is 1.69 bits per heavy atom. The number of nitrogens with zero attached hydrogens (tertiary/aromatic N) is 3. The van der Waals surface area contributed by atoms with Crippen LogP contribution in [0, 0.1) is 0 Å². The number of pyridine rings is 1. The van der Waals surface area contributed by atoms with E-state index in [9.17, 15) is 4.79 Å². The van der Waals surface area contributed by atoms with Crippen LogP contribution in [0.4, 0.5) is 11.5 Å². The van der Waals surface area contributed by atoms with E-state index in [0.717, 1.165) is 5.39 Å². The van der Waals surface area contributed by atoms with Gasteiger partial charge in [0, 0.05) is 28.9 Å². The number of hydrogen-bond acceptors (Lipinski definition) is 7. The summed E-state index contributed by atoms with van der Waals surface area (Å²) in [6.45, 7) is 0. The number of halogens is 3. The van der Waals surface area contributed by atoms with Gasteiger partial charge in [0.25, 0.3) is 0 Å². The van der Waals surface area contributed by atoms with Crippen molar-refractivity contribution in [1.82, 2.24) is 15.0 Å². The van der Waals surface area contributed by atoms with Gasteiger partial charge >= 0.3 is 0 Å². The first kappa shape index (κ1) is 25.1. The van der Waals surface area contributed by atoms with Gasteiger partial charge in [0.15, 0.2) is 11.5 Å². The van der Waals surface area contributed by atoms with E-state index in [-0.39, 0.29) is 30.6 Å². The Hall–Kier alpha value is -3.13. The van der Waals surface area contributed by atoms with E-state index >= 15 is 0 Å². The minimum atomic E-state index is -0.239. The van der Waals surface area contributed by atoms with Gasteiger partial charge in [-0.3, -0.25) is 9.78 Å². The lowest BCUT2D eigenvalue weighted by molar-refractivity contribution is 0.103. The van der Waals surface area contributed by atoms with Gasteiger partial charge in [-0.05, 0) is 36.4 Å². The largest absolute Gasteiger partial charge is 0.493 e. The van der Waals surface area contributed by atoms with Gasteiger partial charge < -0.3 is 14.8 Å². The Kier molecular flexibility index (Phi) is 8.60. The van der Waals surface area contributed by atoms with Gasteiger partial charge in [0.2, 0.25) is 5.78 Å². The molecule has 4 aromatic rings. The van der Waals surface area contributed by atoms with Crippen molar-refractivity contribution in [1.29, 1.82) is 0 Å². The van der Waals surface area contributed by atoms with Crippen LogP contribution in [0.15, 0.2) is 61.1 Å². The molecule has 0 aliphatic heterocycles. The summed E-state index contributed by atoms with van der Waals surface area (Å²) in [5.74, 6) is 1.48. The van der Waals surface area contributed by atoms with Crippen molar-refractivity contribution < 1.29 is 14.3 Å². The molecule has 7 nitrogen and oxygen atoms in total. The number of ether oxygens (including phenoxy) is 2. The lowest BCUT2D eigenvalue weighted by Crippen LogP contribution is -2.05. The molecule has 4 rings (SSSR count). The fourth-order valence-electron chi connectivity index (χ4n) is 3.03. The molecule has 0 amide bonds. The fourth-order valence-corrected chi connectivity index (χ4v) is 3.30. The number of methoxy groups -OCH3 is 2. The summed E-state index contributed by atoms with van der Waals surface area (Å²) in [6, 6.07) is 13.8. The van der Waals surface area contributed by atoms with Crippen LogP contribution in [-0.2, 0) is 0 Å². The Bertz CT molecular complexity index is 1240. The van der Waals surface area contributed by atoms with E-state index in [1.165, 1.54) is 6.33 Å².